The Hall–Kier alpha value is -2.58. The van der Waals surface area contributed by atoms with Crippen LogP contribution in [0.2, 0.25) is 0 Å². The van der Waals surface area contributed by atoms with Crippen molar-refractivity contribution in [2.75, 3.05) is 0 Å². The number of nitrogens with zero attached hydrogens (tertiary/aromatic N) is 2. The number of hydrogen-bond donors (Lipinski definition) is 0. The van der Waals surface area contributed by atoms with Crippen molar-refractivity contribution < 1.29 is 14.1 Å². The maximum absolute atomic E-state index is 13.8. The minimum atomic E-state index is -0.465. The number of nitro groups is 1. The van der Waals surface area contributed by atoms with Crippen LogP contribution in [0.15, 0.2) is 74.6 Å². The Kier molecular flexibility index (Phi) is 6.53. The number of ether oxygens (including phenoxy) is 1. The molecule has 0 aromatic heterocycles. The smallest absolute Gasteiger partial charge is 0.269 e. The second kappa shape index (κ2) is 9.07. The topological polar surface area (TPSA) is 64.7 Å². The maximum atomic E-state index is 13.8. The Bertz CT molecular complexity index is 1040. The minimum Gasteiger partial charge on any atom is -0.487 e. The molecule has 3 aromatic rings. The van der Waals surface area contributed by atoms with E-state index in [1.807, 2.05) is 12.1 Å². The molecular formula is C20H13Br2FN2O3. The van der Waals surface area contributed by atoms with Gasteiger partial charge in [0.1, 0.15) is 18.2 Å². The van der Waals surface area contributed by atoms with Gasteiger partial charge in [-0.1, -0.05) is 34.1 Å². The number of hydrogen-bond acceptors (Lipinski definition) is 4. The molecule has 28 heavy (non-hydrogen) atoms. The standard InChI is InChI=1S/C20H13Br2FN2O3/c21-15-9-14(11-24-16-5-7-17(8-6-16)25(26)27)20(18(22)10-15)28-12-13-3-1-2-4-19(13)23/h1-11H,12H2. The van der Waals surface area contributed by atoms with E-state index >= 15 is 0 Å². The molecule has 0 heterocycles. The van der Waals surface area contributed by atoms with Crippen molar-refractivity contribution >= 4 is 49.4 Å². The lowest BCUT2D eigenvalue weighted by Gasteiger charge is -2.12. The van der Waals surface area contributed by atoms with Crippen LogP contribution < -0.4 is 4.74 Å². The van der Waals surface area contributed by atoms with E-state index in [0.29, 0.717) is 27.0 Å². The summed E-state index contributed by atoms with van der Waals surface area (Å²) in [6.07, 6.45) is 1.59. The second-order valence-electron chi connectivity index (χ2n) is 5.72. The van der Waals surface area contributed by atoms with Crippen molar-refractivity contribution in [2.24, 2.45) is 4.99 Å². The van der Waals surface area contributed by atoms with Gasteiger partial charge < -0.3 is 4.74 Å². The van der Waals surface area contributed by atoms with Gasteiger partial charge in [-0.15, -0.1) is 0 Å². The Balaban J connectivity index is 1.85. The Labute approximate surface area is 177 Å². The first kappa shape index (κ1) is 20.2. The molecule has 0 fully saturated rings. The zero-order chi connectivity index (χ0) is 20.1. The molecule has 0 aliphatic heterocycles. The fraction of sp³-hybridized carbons (Fsp3) is 0.0500. The number of halogens is 3. The number of benzene rings is 3. The fourth-order valence-electron chi connectivity index (χ4n) is 2.40. The number of nitro benzene ring substituents is 1. The van der Waals surface area contributed by atoms with E-state index in [0.717, 1.165) is 4.47 Å². The molecule has 0 bridgehead atoms. The molecule has 0 saturated heterocycles. The lowest BCUT2D eigenvalue weighted by molar-refractivity contribution is -0.384. The first-order valence-electron chi connectivity index (χ1n) is 8.08. The molecule has 0 unspecified atom stereocenters. The van der Waals surface area contributed by atoms with Gasteiger partial charge in [-0.05, 0) is 46.3 Å². The quantitative estimate of drug-likeness (QED) is 0.215. The molecule has 0 aliphatic rings. The van der Waals surface area contributed by atoms with Crippen molar-refractivity contribution in [1.29, 1.82) is 0 Å². The fourth-order valence-corrected chi connectivity index (χ4v) is 3.77. The van der Waals surface area contributed by atoms with Crippen LogP contribution in [-0.2, 0) is 6.61 Å². The van der Waals surface area contributed by atoms with E-state index in [9.17, 15) is 14.5 Å². The van der Waals surface area contributed by atoms with Gasteiger partial charge in [-0.2, -0.15) is 0 Å². The molecule has 0 spiro atoms. The van der Waals surface area contributed by atoms with Crippen LogP contribution in [0, 0.1) is 15.9 Å². The summed E-state index contributed by atoms with van der Waals surface area (Å²) in [5, 5.41) is 10.7. The third-order valence-electron chi connectivity index (χ3n) is 3.78. The second-order valence-corrected chi connectivity index (χ2v) is 7.49. The van der Waals surface area contributed by atoms with Crippen molar-refractivity contribution in [3.63, 3.8) is 0 Å². The van der Waals surface area contributed by atoms with E-state index in [1.54, 1.807) is 36.5 Å². The molecule has 0 saturated carbocycles. The number of aliphatic imine (C=N–C) groups is 1. The summed E-state index contributed by atoms with van der Waals surface area (Å²) >= 11 is 6.88. The third kappa shape index (κ3) is 5.02. The zero-order valence-electron chi connectivity index (χ0n) is 14.3. The van der Waals surface area contributed by atoms with Crippen molar-refractivity contribution in [2.45, 2.75) is 6.61 Å². The predicted molar refractivity (Wildman–Crippen MR) is 113 cm³/mol. The first-order chi connectivity index (χ1) is 13.4. The zero-order valence-corrected chi connectivity index (χ0v) is 17.5. The average molecular weight is 508 g/mol. The van der Waals surface area contributed by atoms with Crippen molar-refractivity contribution in [3.8, 4) is 5.75 Å². The molecule has 0 amide bonds. The normalized spacial score (nSPS) is 11.0. The highest BCUT2D eigenvalue weighted by Crippen LogP contribution is 2.33. The minimum absolute atomic E-state index is 0.00180. The Morgan fingerprint density at radius 1 is 1.11 bits per heavy atom. The number of non-ortho nitro benzene ring substituents is 1. The van der Waals surface area contributed by atoms with Crippen LogP contribution in [0.3, 0.4) is 0 Å². The first-order valence-corrected chi connectivity index (χ1v) is 9.66. The highest BCUT2D eigenvalue weighted by Gasteiger charge is 2.11. The van der Waals surface area contributed by atoms with Gasteiger partial charge in [-0.3, -0.25) is 15.1 Å². The Morgan fingerprint density at radius 3 is 2.50 bits per heavy atom. The molecule has 8 heteroatoms. The summed E-state index contributed by atoms with van der Waals surface area (Å²) in [5.74, 6) is 0.175. The molecular weight excluding hydrogens is 495 g/mol. The van der Waals surface area contributed by atoms with Crippen LogP contribution in [-0.4, -0.2) is 11.1 Å². The van der Waals surface area contributed by atoms with E-state index < -0.39 is 4.92 Å². The monoisotopic (exact) mass is 506 g/mol. The summed E-state index contributed by atoms with van der Waals surface area (Å²) in [6, 6.07) is 15.9. The molecule has 0 aliphatic carbocycles. The SMILES string of the molecule is O=[N+]([O-])c1ccc(N=Cc2cc(Br)cc(Br)c2OCc2ccccc2F)cc1. The van der Waals surface area contributed by atoms with Crippen LogP contribution in [0.5, 0.6) is 5.75 Å². The molecule has 3 rings (SSSR count). The van der Waals surface area contributed by atoms with Gasteiger partial charge in [0.25, 0.3) is 5.69 Å². The molecule has 0 radical (unpaired) electrons. The summed E-state index contributed by atoms with van der Waals surface area (Å²) in [6.45, 7) is 0.0608. The van der Waals surface area contributed by atoms with Gasteiger partial charge >= 0.3 is 0 Å². The highest BCUT2D eigenvalue weighted by atomic mass is 79.9. The summed E-state index contributed by atoms with van der Waals surface area (Å²) in [5.41, 5.74) is 1.66. The van der Waals surface area contributed by atoms with Gasteiger partial charge in [0.15, 0.2) is 0 Å². The van der Waals surface area contributed by atoms with E-state index in [-0.39, 0.29) is 18.1 Å². The van der Waals surface area contributed by atoms with E-state index in [4.69, 9.17) is 4.74 Å². The van der Waals surface area contributed by atoms with E-state index in [1.165, 1.54) is 18.2 Å². The summed E-state index contributed by atoms with van der Waals surface area (Å²) < 4.78 is 21.2. The van der Waals surface area contributed by atoms with E-state index in [2.05, 4.69) is 36.9 Å². The van der Waals surface area contributed by atoms with Gasteiger partial charge in [0, 0.05) is 33.9 Å². The molecule has 3 aromatic carbocycles. The average Bonchev–Trinajstić information content (AvgIpc) is 2.67. The third-order valence-corrected chi connectivity index (χ3v) is 4.83. The predicted octanol–water partition coefficient (Wildman–Crippen LogP) is 6.59. The van der Waals surface area contributed by atoms with Crippen molar-refractivity contribution in [1.82, 2.24) is 0 Å². The highest BCUT2D eigenvalue weighted by molar-refractivity contribution is 9.11. The molecule has 0 N–H and O–H groups in total. The van der Waals surface area contributed by atoms with Crippen LogP contribution >= 0.6 is 31.9 Å². The Morgan fingerprint density at radius 2 is 1.82 bits per heavy atom. The largest absolute Gasteiger partial charge is 0.487 e. The van der Waals surface area contributed by atoms with Gasteiger partial charge in [0.2, 0.25) is 0 Å². The van der Waals surface area contributed by atoms with Gasteiger partial charge in [0.05, 0.1) is 15.1 Å². The van der Waals surface area contributed by atoms with Crippen LogP contribution in [0.25, 0.3) is 0 Å². The lowest BCUT2D eigenvalue weighted by Crippen LogP contribution is -2.01. The van der Waals surface area contributed by atoms with Crippen molar-refractivity contribution in [3.05, 3.63) is 96.7 Å². The summed E-state index contributed by atoms with van der Waals surface area (Å²) in [4.78, 5) is 14.6. The van der Waals surface area contributed by atoms with Crippen LogP contribution in [0.1, 0.15) is 11.1 Å². The lowest BCUT2D eigenvalue weighted by atomic mass is 10.2. The van der Waals surface area contributed by atoms with Crippen LogP contribution in [0.4, 0.5) is 15.8 Å². The van der Waals surface area contributed by atoms with Gasteiger partial charge in [-0.25, -0.2) is 4.39 Å². The molecule has 142 valence electrons. The number of rotatable bonds is 6. The molecule has 5 nitrogen and oxygen atoms in total. The maximum Gasteiger partial charge on any atom is 0.269 e. The summed E-state index contributed by atoms with van der Waals surface area (Å²) in [7, 11) is 0. The molecule has 0 atom stereocenters.